The number of hydrogen-bond donors (Lipinski definition) is 1. The van der Waals surface area contributed by atoms with E-state index in [2.05, 4.69) is 5.32 Å². The molecule has 0 atom stereocenters. The maximum atomic E-state index is 12.9. The number of benzene rings is 2. The van der Waals surface area contributed by atoms with Crippen LogP contribution >= 0.6 is 11.6 Å². The van der Waals surface area contributed by atoms with Crippen molar-refractivity contribution in [1.29, 1.82) is 0 Å². The molecule has 1 aliphatic rings. The summed E-state index contributed by atoms with van der Waals surface area (Å²) >= 11 is 6.18. The van der Waals surface area contributed by atoms with Crippen LogP contribution < -0.4 is 10.1 Å². The van der Waals surface area contributed by atoms with Crippen LogP contribution in [-0.4, -0.2) is 52.0 Å². The first-order valence-corrected chi connectivity index (χ1v) is 10.5. The molecule has 1 heterocycles. The third-order valence-electron chi connectivity index (χ3n) is 4.40. The van der Waals surface area contributed by atoms with Gasteiger partial charge in [0.2, 0.25) is 10.0 Å². The molecule has 2 aromatic rings. The van der Waals surface area contributed by atoms with E-state index in [0.717, 1.165) is 5.56 Å². The summed E-state index contributed by atoms with van der Waals surface area (Å²) in [6, 6.07) is 9.46. The third-order valence-corrected chi connectivity index (χ3v) is 6.60. The minimum Gasteiger partial charge on any atom is -0.496 e. The van der Waals surface area contributed by atoms with Crippen LogP contribution in [0, 0.1) is 6.92 Å². The number of rotatable bonds is 5. The van der Waals surface area contributed by atoms with Gasteiger partial charge in [0.1, 0.15) is 5.75 Å². The number of amides is 1. The van der Waals surface area contributed by atoms with Crippen molar-refractivity contribution in [3.8, 4) is 5.75 Å². The Balaban J connectivity index is 1.93. The van der Waals surface area contributed by atoms with Crippen molar-refractivity contribution >= 4 is 33.2 Å². The lowest BCUT2D eigenvalue weighted by atomic mass is 10.1. The number of halogens is 1. The maximum Gasteiger partial charge on any atom is 0.259 e. The molecule has 0 unspecified atom stereocenters. The van der Waals surface area contributed by atoms with Crippen LogP contribution in [0.3, 0.4) is 0 Å². The van der Waals surface area contributed by atoms with Gasteiger partial charge in [-0.3, -0.25) is 4.79 Å². The number of ether oxygens (including phenoxy) is 2. The number of carbonyl (C=O) groups is 1. The molecular formula is C19H21ClN2O5S. The standard InChI is InChI=1S/C19H21ClN2O5S/c1-13-3-5-17(16(20)11-13)21-19(23)15-12-14(4-6-18(15)26-2)28(24,25)22-7-9-27-10-8-22/h3-6,11-12H,7-10H2,1-2H3,(H,21,23). The van der Waals surface area contributed by atoms with Gasteiger partial charge in [-0.05, 0) is 42.8 Å². The highest BCUT2D eigenvalue weighted by Gasteiger charge is 2.28. The van der Waals surface area contributed by atoms with Gasteiger partial charge >= 0.3 is 0 Å². The second kappa shape index (κ2) is 8.48. The van der Waals surface area contributed by atoms with Crippen LogP contribution in [0.15, 0.2) is 41.3 Å². The van der Waals surface area contributed by atoms with E-state index in [1.54, 1.807) is 12.1 Å². The molecule has 0 aliphatic carbocycles. The number of morpholine rings is 1. The zero-order valence-corrected chi connectivity index (χ0v) is 17.1. The predicted octanol–water partition coefficient (Wildman–Crippen LogP) is 2.93. The quantitative estimate of drug-likeness (QED) is 0.797. The predicted molar refractivity (Wildman–Crippen MR) is 107 cm³/mol. The summed E-state index contributed by atoms with van der Waals surface area (Å²) in [6.45, 7) is 3.12. The Morgan fingerprint density at radius 1 is 1.18 bits per heavy atom. The molecule has 3 rings (SSSR count). The Morgan fingerprint density at radius 2 is 1.89 bits per heavy atom. The highest BCUT2D eigenvalue weighted by Crippen LogP contribution is 2.28. The second-order valence-electron chi connectivity index (χ2n) is 6.32. The monoisotopic (exact) mass is 424 g/mol. The molecule has 1 N–H and O–H groups in total. The van der Waals surface area contributed by atoms with E-state index in [1.807, 2.05) is 13.0 Å². The molecule has 0 saturated carbocycles. The summed E-state index contributed by atoms with van der Waals surface area (Å²) in [7, 11) is -2.32. The Hall–Kier alpha value is -2.13. The van der Waals surface area contributed by atoms with Crippen molar-refractivity contribution in [2.75, 3.05) is 38.7 Å². The van der Waals surface area contributed by atoms with E-state index in [9.17, 15) is 13.2 Å². The smallest absolute Gasteiger partial charge is 0.259 e. The first kappa shape index (κ1) is 20.6. The lowest BCUT2D eigenvalue weighted by molar-refractivity contribution is 0.0730. The summed E-state index contributed by atoms with van der Waals surface area (Å²) in [5.41, 5.74) is 1.49. The van der Waals surface area contributed by atoms with Crippen LogP contribution in [0.1, 0.15) is 15.9 Å². The molecule has 7 nitrogen and oxygen atoms in total. The first-order valence-electron chi connectivity index (χ1n) is 8.66. The lowest BCUT2D eigenvalue weighted by Gasteiger charge is -2.26. The Kier molecular flexibility index (Phi) is 6.24. The van der Waals surface area contributed by atoms with Crippen molar-refractivity contribution in [1.82, 2.24) is 4.31 Å². The number of nitrogens with one attached hydrogen (secondary N) is 1. The van der Waals surface area contributed by atoms with Crippen LogP contribution in [0.5, 0.6) is 5.75 Å². The topological polar surface area (TPSA) is 84.9 Å². The van der Waals surface area contributed by atoms with E-state index in [0.29, 0.717) is 23.9 Å². The van der Waals surface area contributed by atoms with Gasteiger partial charge in [-0.1, -0.05) is 17.7 Å². The molecule has 0 spiro atoms. The molecule has 1 saturated heterocycles. The summed E-state index contributed by atoms with van der Waals surface area (Å²) in [5, 5.41) is 3.10. The number of methoxy groups -OCH3 is 1. The Morgan fingerprint density at radius 3 is 2.54 bits per heavy atom. The van der Waals surface area contributed by atoms with Crippen LogP contribution in [0.25, 0.3) is 0 Å². The van der Waals surface area contributed by atoms with Crippen LogP contribution in [0.2, 0.25) is 5.02 Å². The zero-order valence-electron chi connectivity index (χ0n) is 15.6. The SMILES string of the molecule is COc1ccc(S(=O)(=O)N2CCOCC2)cc1C(=O)Nc1ccc(C)cc1Cl. The average molecular weight is 425 g/mol. The highest BCUT2D eigenvalue weighted by atomic mass is 35.5. The molecule has 1 fully saturated rings. The fraction of sp³-hybridized carbons (Fsp3) is 0.316. The van der Waals surface area contributed by atoms with Crippen molar-refractivity contribution in [2.45, 2.75) is 11.8 Å². The summed E-state index contributed by atoms with van der Waals surface area (Å²) < 4.78 is 37.6. The molecule has 0 aromatic heterocycles. The number of nitrogens with zero attached hydrogens (tertiary/aromatic N) is 1. The minimum absolute atomic E-state index is 0.0235. The summed E-state index contributed by atoms with van der Waals surface area (Å²) in [5.74, 6) is -0.247. The Bertz CT molecular complexity index is 988. The number of carbonyl (C=O) groups excluding carboxylic acids is 1. The largest absolute Gasteiger partial charge is 0.496 e. The Labute approximate surface area is 169 Å². The van der Waals surface area contributed by atoms with Crippen molar-refractivity contribution < 1.29 is 22.7 Å². The van der Waals surface area contributed by atoms with Crippen LogP contribution in [-0.2, 0) is 14.8 Å². The second-order valence-corrected chi connectivity index (χ2v) is 8.66. The number of hydrogen-bond acceptors (Lipinski definition) is 5. The fourth-order valence-electron chi connectivity index (χ4n) is 2.87. The van der Waals surface area contributed by atoms with Gasteiger partial charge in [-0.15, -0.1) is 0 Å². The minimum atomic E-state index is -3.74. The van der Waals surface area contributed by atoms with Gasteiger partial charge in [-0.2, -0.15) is 4.31 Å². The van der Waals surface area contributed by atoms with Gasteiger partial charge in [0.15, 0.2) is 0 Å². The molecular weight excluding hydrogens is 404 g/mol. The molecule has 150 valence electrons. The van der Waals surface area contributed by atoms with Gasteiger partial charge < -0.3 is 14.8 Å². The normalized spacial score (nSPS) is 15.2. The van der Waals surface area contributed by atoms with Crippen molar-refractivity contribution in [3.05, 3.63) is 52.5 Å². The lowest BCUT2D eigenvalue weighted by Crippen LogP contribution is -2.40. The molecule has 2 aromatic carbocycles. The van der Waals surface area contributed by atoms with Crippen molar-refractivity contribution in [2.24, 2.45) is 0 Å². The third kappa shape index (κ3) is 4.30. The molecule has 28 heavy (non-hydrogen) atoms. The number of sulfonamides is 1. The van der Waals surface area contributed by atoms with Gasteiger partial charge in [0.05, 0.1) is 41.5 Å². The summed E-state index contributed by atoms with van der Waals surface area (Å²) in [6.07, 6.45) is 0. The van der Waals surface area contributed by atoms with Gasteiger partial charge in [-0.25, -0.2) is 8.42 Å². The number of anilines is 1. The molecule has 9 heteroatoms. The molecule has 1 amide bonds. The number of aryl methyl sites for hydroxylation is 1. The van der Waals surface area contributed by atoms with E-state index >= 15 is 0 Å². The average Bonchev–Trinajstić information content (AvgIpc) is 2.70. The maximum absolute atomic E-state index is 12.9. The van der Waals surface area contributed by atoms with Gasteiger partial charge in [0.25, 0.3) is 5.91 Å². The van der Waals surface area contributed by atoms with E-state index < -0.39 is 15.9 Å². The zero-order chi connectivity index (χ0) is 20.3. The summed E-state index contributed by atoms with van der Waals surface area (Å²) in [4.78, 5) is 12.8. The van der Waals surface area contributed by atoms with E-state index in [1.165, 1.54) is 29.6 Å². The van der Waals surface area contributed by atoms with E-state index in [4.69, 9.17) is 21.1 Å². The van der Waals surface area contributed by atoms with Crippen LogP contribution in [0.4, 0.5) is 5.69 Å². The highest BCUT2D eigenvalue weighted by molar-refractivity contribution is 7.89. The molecule has 1 aliphatic heterocycles. The fourth-order valence-corrected chi connectivity index (χ4v) is 4.59. The van der Waals surface area contributed by atoms with E-state index in [-0.39, 0.29) is 29.3 Å². The van der Waals surface area contributed by atoms with Crippen molar-refractivity contribution in [3.63, 3.8) is 0 Å². The molecule has 0 bridgehead atoms. The first-order chi connectivity index (χ1) is 13.3. The molecule has 0 radical (unpaired) electrons. The van der Waals surface area contributed by atoms with Gasteiger partial charge in [0, 0.05) is 13.1 Å².